The lowest BCUT2D eigenvalue weighted by Crippen LogP contribution is -2.02. The summed E-state index contributed by atoms with van der Waals surface area (Å²) in [6.07, 6.45) is 6.67. The van der Waals surface area contributed by atoms with Gasteiger partial charge in [-0.15, -0.1) is 10.2 Å². The van der Waals surface area contributed by atoms with Crippen molar-refractivity contribution in [3.05, 3.63) is 36.4 Å². The van der Waals surface area contributed by atoms with E-state index in [1.165, 1.54) is 6.33 Å². The normalized spacial score (nSPS) is 10.9. The Morgan fingerprint density at radius 3 is 2.70 bits per heavy atom. The molecule has 0 N–H and O–H groups in total. The fourth-order valence-electron chi connectivity index (χ4n) is 2.05. The first-order valence-corrected chi connectivity index (χ1v) is 7.93. The van der Waals surface area contributed by atoms with E-state index in [-0.39, 0.29) is 5.03 Å². The highest BCUT2D eigenvalue weighted by atomic mass is 32.2. The van der Waals surface area contributed by atoms with E-state index >= 15 is 0 Å². The van der Waals surface area contributed by atoms with Gasteiger partial charge in [0.25, 0.3) is 0 Å². The molecule has 0 unspecified atom stereocenters. The zero-order valence-corrected chi connectivity index (χ0v) is 13.5. The van der Waals surface area contributed by atoms with Gasteiger partial charge < -0.3 is 4.57 Å². The van der Waals surface area contributed by atoms with Crippen molar-refractivity contribution in [1.82, 2.24) is 34.7 Å². The maximum absolute atomic E-state index is 14.3. The summed E-state index contributed by atoms with van der Waals surface area (Å²) < 4.78 is 16.1. The molecule has 0 aliphatic rings. The van der Waals surface area contributed by atoms with E-state index in [0.29, 0.717) is 35.3 Å². The van der Waals surface area contributed by atoms with Crippen LogP contribution in [0.2, 0.25) is 0 Å². The molecule has 0 aliphatic carbocycles. The molecular weight excluding hydrogens is 317 g/mol. The van der Waals surface area contributed by atoms with Gasteiger partial charge in [0.2, 0.25) is 0 Å². The van der Waals surface area contributed by atoms with Crippen LogP contribution in [0.5, 0.6) is 0 Å². The van der Waals surface area contributed by atoms with Crippen LogP contribution in [-0.4, -0.2) is 34.7 Å². The molecule has 0 saturated heterocycles. The van der Waals surface area contributed by atoms with Gasteiger partial charge in [0.1, 0.15) is 17.0 Å². The quantitative estimate of drug-likeness (QED) is 0.664. The minimum Gasteiger partial charge on any atom is -0.301 e. The zero-order chi connectivity index (χ0) is 16.2. The number of aromatic nitrogens is 7. The first-order chi connectivity index (χ1) is 11.2. The summed E-state index contributed by atoms with van der Waals surface area (Å²) in [5.41, 5.74) is 1.00. The summed E-state index contributed by atoms with van der Waals surface area (Å²) in [6.45, 7) is 4.43. The SMILES string of the molecule is CCc1ncnc(Sc2nnc(-c3cnccn3)n2CC)c1F. The highest BCUT2D eigenvalue weighted by molar-refractivity contribution is 7.99. The van der Waals surface area contributed by atoms with E-state index in [9.17, 15) is 4.39 Å². The van der Waals surface area contributed by atoms with Gasteiger partial charge in [-0.25, -0.2) is 19.3 Å². The van der Waals surface area contributed by atoms with Crippen molar-refractivity contribution in [2.45, 2.75) is 37.0 Å². The monoisotopic (exact) mass is 331 g/mol. The summed E-state index contributed by atoms with van der Waals surface area (Å²) >= 11 is 1.13. The lowest BCUT2D eigenvalue weighted by atomic mass is 10.3. The molecule has 0 amide bonds. The molecule has 3 heterocycles. The van der Waals surface area contributed by atoms with Crippen molar-refractivity contribution in [3.8, 4) is 11.5 Å². The van der Waals surface area contributed by atoms with Gasteiger partial charge in [0.15, 0.2) is 16.8 Å². The highest BCUT2D eigenvalue weighted by Gasteiger charge is 2.18. The summed E-state index contributed by atoms with van der Waals surface area (Å²) in [5, 5.41) is 9.08. The Morgan fingerprint density at radius 1 is 1.13 bits per heavy atom. The largest absolute Gasteiger partial charge is 0.301 e. The molecule has 0 fully saturated rings. The van der Waals surface area contributed by atoms with E-state index in [4.69, 9.17) is 0 Å². The molecule has 0 radical (unpaired) electrons. The van der Waals surface area contributed by atoms with Crippen molar-refractivity contribution in [2.75, 3.05) is 0 Å². The first kappa shape index (κ1) is 15.5. The molecule has 118 valence electrons. The Bertz CT molecular complexity index is 806. The van der Waals surface area contributed by atoms with Crippen LogP contribution >= 0.6 is 11.8 Å². The second-order valence-corrected chi connectivity index (χ2v) is 5.49. The summed E-state index contributed by atoms with van der Waals surface area (Å²) in [5.74, 6) is 0.181. The predicted molar refractivity (Wildman–Crippen MR) is 82.2 cm³/mol. The minimum absolute atomic E-state index is 0.240. The smallest absolute Gasteiger partial charge is 0.197 e. The lowest BCUT2D eigenvalue weighted by molar-refractivity contribution is 0.558. The molecule has 23 heavy (non-hydrogen) atoms. The first-order valence-electron chi connectivity index (χ1n) is 7.11. The summed E-state index contributed by atoms with van der Waals surface area (Å²) in [4.78, 5) is 16.2. The van der Waals surface area contributed by atoms with E-state index in [1.807, 2.05) is 18.4 Å². The van der Waals surface area contributed by atoms with Crippen LogP contribution in [0.25, 0.3) is 11.5 Å². The van der Waals surface area contributed by atoms with E-state index in [2.05, 4.69) is 30.1 Å². The van der Waals surface area contributed by atoms with Gasteiger partial charge in [-0.05, 0) is 25.1 Å². The van der Waals surface area contributed by atoms with Crippen LogP contribution < -0.4 is 0 Å². The molecule has 3 aromatic heterocycles. The van der Waals surface area contributed by atoms with Crippen molar-refractivity contribution >= 4 is 11.8 Å². The van der Waals surface area contributed by atoms with Crippen LogP contribution in [0.4, 0.5) is 4.39 Å². The minimum atomic E-state index is -0.410. The van der Waals surface area contributed by atoms with Crippen LogP contribution in [-0.2, 0) is 13.0 Å². The van der Waals surface area contributed by atoms with Gasteiger partial charge in [-0.3, -0.25) is 4.98 Å². The Morgan fingerprint density at radius 2 is 2.00 bits per heavy atom. The standard InChI is InChI=1S/C14H14FN7S/c1-3-9-11(15)13(19-8-18-9)23-14-21-20-12(22(14)4-2)10-7-16-5-6-17-10/h5-8H,3-4H2,1-2H3. The number of rotatable bonds is 5. The molecule has 7 nitrogen and oxygen atoms in total. The third-order valence-corrected chi connectivity index (χ3v) is 4.14. The van der Waals surface area contributed by atoms with E-state index in [0.717, 1.165) is 11.8 Å². The van der Waals surface area contributed by atoms with Crippen molar-refractivity contribution < 1.29 is 4.39 Å². The van der Waals surface area contributed by atoms with Gasteiger partial charge in [-0.2, -0.15) is 0 Å². The molecule has 3 rings (SSSR count). The van der Waals surface area contributed by atoms with Gasteiger partial charge in [0.05, 0.1) is 11.9 Å². The van der Waals surface area contributed by atoms with Crippen molar-refractivity contribution in [1.29, 1.82) is 0 Å². The number of hydrogen-bond donors (Lipinski definition) is 0. The molecule has 0 bridgehead atoms. The van der Waals surface area contributed by atoms with Crippen LogP contribution in [0.15, 0.2) is 35.1 Å². The molecule has 0 aromatic carbocycles. The van der Waals surface area contributed by atoms with Crippen LogP contribution in [0.1, 0.15) is 19.5 Å². The molecule has 0 saturated carbocycles. The number of hydrogen-bond acceptors (Lipinski definition) is 7. The third kappa shape index (κ3) is 3.04. The van der Waals surface area contributed by atoms with Crippen molar-refractivity contribution in [3.63, 3.8) is 0 Å². The number of halogens is 1. The van der Waals surface area contributed by atoms with Gasteiger partial charge in [0, 0.05) is 18.9 Å². The maximum Gasteiger partial charge on any atom is 0.197 e. The fraction of sp³-hybridized carbons (Fsp3) is 0.286. The van der Waals surface area contributed by atoms with Crippen LogP contribution in [0.3, 0.4) is 0 Å². The topological polar surface area (TPSA) is 82.3 Å². The Hall–Kier alpha value is -2.42. The summed E-state index contributed by atoms with van der Waals surface area (Å²) in [6, 6.07) is 0. The van der Waals surface area contributed by atoms with Crippen molar-refractivity contribution in [2.24, 2.45) is 0 Å². The Balaban J connectivity index is 1.97. The Labute approximate surface area is 136 Å². The van der Waals surface area contributed by atoms with E-state index < -0.39 is 5.82 Å². The maximum atomic E-state index is 14.3. The second-order valence-electron chi connectivity index (χ2n) is 4.54. The number of nitrogens with zero attached hydrogens (tertiary/aromatic N) is 7. The molecule has 0 aliphatic heterocycles. The fourth-order valence-corrected chi connectivity index (χ4v) is 2.93. The zero-order valence-electron chi connectivity index (χ0n) is 12.6. The van der Waals surface area contributed by atoms with Gasteiger partial charge in [-0.1, -0.05) is 6.92 Å². The molecule has 0 atom stereocenters. The summed E-state index contributed by atoms with van der Waals surface area (Å²) in [7, 11) is 0. The number of aryl methyl sites for hydroxylation is 1. The molecule has 0 spiro atoms. The average Bonchev–Trinajstić information content (AvgIpc) is 3.00. The Kier molecular flexibility index (Phi) is 4.56. The highest BCUT2D eigenvalue weighted by Crippen LogP contribution is 2.29. The molecule has 9 heteroatoms. The van der Waals surface area contributed by atoms with Gasteiger partial charge >= 0.3 is 0 Å². The molecule has 3 aromatic rings. The molecular formula is C14H14FN7S. The second kappa shape index (κ2) is 6.78. The predicted octanol–water partition coefficient (Wildman–Crippen LogP) is 2.40. The van der Waals surface area contributed by atoms with E-state index in [1.54, 1.807) is 18.6 Å². The third-order valence-electron chi connectivity index (χ3n) is 3.18. The lowest BCUT2D eigenvalue weighted by Gasteiger charge is -2.07. The average molecular weight is 331 g/mol. The van der Waals surface area contributed by atoms with Crippen LogP contribution in [0, 0.1) is 5.82 Å².